The van der Waals surface area contributed by atoms with Crippen molar-refractivity contribution in [3.8, 4) is 11.5 Å². The minimum absolute atomic E-state index is 0.0981. The summed E-state index contributed by atoms with van der Waals surface area (Å²) in [4.78, 5) is 30.2. The molecule has 2 rings (SSSR count). The zero-order valence-electron chi connectivity index (χ0n) is 14.1. The molecule has 6 nitrogen and oxygen atoms in total. The number of methoxy groups -OCH3 is 2. The van der Waals surface area contributed by atoms with Gasteiger partial charge in [0.05, 0.1) is 24.8 Å². The third kappa shape index (κ3) is 4.03. The first-order chi connectivity index (χ1) is 12.0. The van der Waals surface area contributed by atoms with E-state index in [0.29, 0.717) is 5.56 Å². The molecule has 0 saturated carbocycles. The Morgan fingerprint density at radius 1 is 1.04 bits per heavy atom. The number of amides is 1. The zero-order chi connectivity index (χ0) is 18.4. The number of halogens is 1. The van der Waals surface area contributed by atoms with Crippen LogP contribution in [-0.4, -0.2) is 26.1 Å². The number of hydrogen-bond acceptors (Lipinski definition) is 5. The van der Waals surface area contributed by atoms with Gasteiger partial charge in [-0.2, -0.15) is 0 Å². The van der Waals surface area contributed by atoms with Crippen LogP contribution in [0.2, 0.25) is 5.02 Å². The number of nitrogens with zero attached hydrogens (tertiary/aromatic N) is 1. The highest BCUT2D eigenvalue weighted by molar-refractivity contribution is 6.32. The molecule has 0 aliphatic rings. The van der Waals surface area contributed by atoms with Crippen molar-refractivity contribution in [3.63, 3.8) is 0 Å². The van der Waals surface area contributed by atoms with Gasteiger partial charge >= 0.3 is 5.97 Å². The normalized spacial score (nSPS) is 10.1. The van der Waals surface area contributed by atoms with Crippen molar-refractivity contribution >= 4 is 29.2 Å². The average Bonchev–Trinajstić information content (AvgIpc) is 2.65. The van der Waals surface area contributed by atoms with Gasteiger partial charge in [0.1, 0.15) is 5.75 Å². The summed E-state index contributed by atoms with van der Waals surface area (Å²) in [6.45, 7) is 1.65. The predicted octanol–water partition coefficient (Wildman–Crippen LogP) is 3.87. The fraction of sp³-hybridized carbons (Fsp3) is 0.222. The standard InChI is InChI=1S/C18H18ClNO5/c1-4-15(21)20(25-18(22)12-8-6-5-7-9-12)16-14(23-2)11-10-13(19)17(16)24-3/h5-11H,4H2,1-3H3. The summed E-state index contributed by atoms with van der Waals surface area (Å²) < 4.78 is 10.6. The molecule has 0 unspecified atom stereocenters. The summed E-state index contributed by atoms with van der Waals surface area (Å²) in [6, 6.07) is 11.5. The van der Waals surface area contributed by atoms with Crippen molar-refractivity contribution in [2.75, 3.05) is 19.3 Å². The van der Waals surface area contributed by atoms with Gasteiger partial charge in [-0.05, 0) is 24.3 Å². The maximum Gasteiger partial charge on any atom is 0.363 e. The summed E-state index contributed by atoms with van der Waals surface area (Å²) in [5.41, 5.74) is 0.435. The van der Waals surface area contributed by atoms with Crippen molar-refractivity contribution in [1.29, 1.82) is 0 Å². The largest absolute Gasteiger partial charge is 0.494 e. The number of hydrogen-bond donors (Lipinski definition) is 0. The number of anilines is 1. The lowest BCUT2D eigenvalue weighted by Crippen LogP contribution is -2.33. The summed E-state index contributed by atoms with van der Waals surface area (Å²) in [6.07, 6.45) is 0.0981. The van der Waals surface area contributed by atoms with Gasteiger partial charge < -0.3 is 14.3 Å². The molecule has 0 heterocycles. The van der Waals surface area contributed by atoms with Gasteiger partial charge in [0.2, 0.25) is 0 Å². The Balaban J connectivity index is 2.50. The van der Waals surface area contributed by atoms with Crippen LogP contribution in [0, 0.1) is 0 Å². The molecule has 0 bridgehead atoms. The number of carbonyl (C=O) groups is 2. The average molecular weight is 364 g/mol. The highest BCUT2D eigenvalue weighted by atomic mass is 35.5. The first kappa shape index (κ1) is 18.6. The van der Waals surface area contributed by atoms with Crippen LogP contribution >= 0.6 is 11.6 Å². The third-order valence-electron chi connectivity index (χ3n) is 3.39. The molecule has 0 saturated heterocycles. The lowest BCUT2D eigenvalue weighted by atomic mass is 10.2. The minimum atomic E-state index is -0.688. The monoisotopic (exact) mass is 363 g/mol. The van der Waals surface area contributed by atoms with Crippen LogP contribution < -0.4 is 14.5 Å². The Hall–Kier alpha value is -2.73. The van der Waals surface area contributed by atoms with Crippen LogP contribution in [-0.2, 0) is 9.63 Å². The molecule has 0 N–H and O–H groups in total. The molecule has 25 heavy (non-hydrogen) atoms. The van der Waals surface area contributed by atoms with Crippen molar-refractivity contribution in [3.05, 3.63) is 53.1 Å². The van der Waals surface area contributed by atoms with Crippen LogP contribution in [0.25, 0.3) is 0 Å². The first-order valence-electron chi connectivity index (χ1n) is 7.54. The molecule has 2 aromatic carbocycles. The Morgan fingerprint density at radius 3 is 2.28 bits per heavy atom. The van der Waals surface area contributed by atoms with Gasteiger partial charge in [-0.1, -0.05) is 36.7 Å². The lowest BCUT2D eigenvalue weighted by Gasteiger charge is -2.24. The van der Waals surface area contributed by atoms with E-state index in [2.05, 4.69) is 0 Å². The van der Waals surface area contributed by atoms with E-state index in [9.17, 15) is 9.59 Å². The zero-order valence-corrected chi connectivity index (χ0v) is 14.9. The van der Waals surface area contributed by atoms with E-state index in [1.165, 1.54) is 14.2 Å². The molecule has 0 aliphatic heterocycles. The van der Waals surface area contributed by atoms with Crippen molar-refractivity contribution in [1.82, 2.24) is 0 Å². The lowest BCUT2D eigenvalue weighted by molar-refractivity contribution is -0.123. The quantitative estimate of drug-likeness (QED) is 0.754. The summed E-state index contributed by atoms with van der Waals surface area (Å²) in [5, 5.41) is 1.11. The van der Waals surface area contributed by atoms with Crippen molar-refractivity contribution in [2.45, 2.75) is 13.3 Å². The Bertz CT molecular complexity index is 764. The number of ether oxygens (including phenoxy) is 2. The Morgan fingerprint density at radius 2 is 1.72 bits per heavy atom. The van der Waals surface area contributed by atoms with Crippen LogP contribution in [0.3, 0.4) is 0 Å². The van der Waals surface area contributed by atoms with E-state index in [4.69, 9.17) is 25.9 Å². The number of hydroxylamine groups is 1. The fourth-order valence-electron chi connectivity index (χ4n) is 2.15. The van der Waals surface area contributed by atoms with Gasteiger partial charge in [0.25, 0.3) is 5.91 Å². The van der Waals surface area contributed by atoms with Gasteiger partial charge in [-0.3, -0.25) is 4.79 Å². The first-order valence-corrected chi connectivity index (χ1v) is 7.92. The summed E-state index contributed by atoms with van der Waals surface area (Å²) in [5.74, 6) is -0.692. The van der Waals surface area contributed by atoms with Gasteiger partial charge in [-0.25, -0.2) is 4.79 Å². The maximum absolute atomic E-state index is 12.4. The van der Waals surface area contributed by atoms with E-state index in [0.717, 1.165) is 5.06 Å². The molecule has 0 fully saturated rings. The predicted molar refractivity (Wildman–Crippen MR) is 94.2 cm³/mol. The molecule has 0 radical (unpaired) electrons. The van der Waals surface area contributed by atoms with Crippen molar-refractivity contribution in [2.24, 2.45) is 0 Å². The van der Waals surface area contributed by atoms with Crippen LogP contribution in [0.15, 0.2) is 42.5 Å². The van der Waals surface area contributed by atoms with E-state index in [-0.39, 0.29) is 28.6 Å². The number of benzene rings is 2. The second-order valence-corrected chi connectivity index (χ2v) is 5.33. The maximum atomic E-state index is 12.4. The fourth-order valence-corrected chi connectivity index (χ4v) is 2.38. The van der Waals surface area contributed by atoms with E-state index < -0.39 is 11.9 Å². The van der Waals surface area contributed by atoms with E-state index >= 15 is 0 Å². The molecule has 0 aromatic heterocycles. The van der Waals surface area contributed by atoms with Gasteiger partial charge in [0.15, 0.2) is 11.4 Å². The van der Waals surface area contributed by atoms with E-state index in [1.807, 2.05) is 0 Å². The minimum Gasteiger partial charge on any atom is -0.494 e. The highest BCUT2D eigenvalue weighted by Crippen LogP contribution is 2.43. The highest BCUT2D eigenvalue weighted by Gasteiger charge is 2.28. The number of rotatable bonds is 5. The number of carbonyl (C=O) groups excluding carboxylic acids is 2. The SMILES string of the molecule is CCC(=O)N(OC(=O)c1ccccc1)c1c(OC)ccc(Cl)c1OC. The Kier molecular flexibility index (Phi) is 6.25. The Labute approximate surface area is 150 Å². The van der Waals surface area contributed by atoms with Gasteiger partial charge in [0, 0.05) is 6.42 Å². The molecule has 0 atom stereocenters. The molecular weight excluding hydrogens is 346 g/mol. The molecule has 7 heteroatoms. The molecule has 132 valence electrons. The third-order valence-corrected chi connectivity index (χ3v) is 3.68. The summed E-state index contributed by atoms with van der Waals surface area (Å²) in [7, 11) is 2.83. The van der Waals surface area contributed by atoms with Gasteiger partial charge in [-0.15, -0.1) is 5.06 Å². The molecule has 0 spiro atoms. The van der Waals surface area contributed by atoms with E-state index in [1.54, 1.807) is 49.4 Å². The molecule has 0 aliphatic carbocycles. The second-order valence-electron chi connectivity index (χ2n) is 4.92. The molecular formula is C18H18ClNO5. The topological polar surface area (TPSA) is 65.1 Å². The van der Waals surface area contributed by atoms with Crippen LogP contribution in [0.4, 0.5) is 5.69 Å². The van der Waals surface area contributed by atoms with Crippen molar-refractivity contribution < 1.29 is 23.9 Å². The van der Waals surface area contributed by atoms with Crippen LogP contribution in [0.1, 0.15) is 23.7 Å². The molecule has 2 aromatic rings. The second kappa shape index (κ2) is 8.39. The smallest absolute Gasteiger partial charge is 0.363 e. The molecule has 1 amide bonds. The van der Waals surface area contributed by atoms with Crippen LogP contribution in [0.5, 0.6) is 11.5 Å². The summed E-state index contributed by atoms with van der Waals surface area (Å²) >= 11 is 6.14.